The van der Waals surface area contributed by atoms with E-state index in [1.807, 2.05) is 0 Å². The van der Waals surface area contributed by atoms with E-state index >= 15 is 0 Å². The predicted octanol–water partition coefficient (Wildman–Crippen LogP) is 4.03. The number of rotatable bonds is 2. The summed E-state index contributed by atoms with van der Waals surface area (Å²) in [6, 6.07) is 7.08. The Balaban J connectivity index is 1.65. The van der Waals surface area contributed by atoms with E-state index < -0.39 is 0 Å². The first-order valence-electron chi connectivity index (χ1n) is 7.66. The van der Waals surface area contributed by atoms with Gasteiger partial charge in [-0.2, -0.15) is 0 Å². The van der Waals surface area contributed by atoms with Crippen LogP contribution in [0.3, 0.4) is 0 Å². The number of hydrogen-bond donors (Lipinski definition) is 2. The van der Waals surface area contributed by atoms with Crippen LogP contribution in [-0.2, 0) is 4.74 Å². The molecule has 2 bridgehead atoms. The number of anilines is 2. The molecule has 21 heavy (non-hydrogen) atoms. The molecule has 3 rings (SSSR count). The number of nitrogens with one attached hydrogen (secondary N) is 1. The van der Waals surface area contributed by atoms with Crippen LogP contribution in [-0.4, -0.2) is 12.2 Å². The fourth-order valence-corrected chi connectivity index (χ4v) is 4.15. The van der Waals surface area contributed by atoms with Gasteiger partial charge in [-0.25, -0.2) is 4.79 Å². The molecule has 1 aromatic rings. The van der Waals surface area contributed by atoms with Crippen LogP contribution in [0.5, 0.6) is 0 Å². The van der Waals surface area contributed by atoms with E-state index in [0.29, 0.717) is 17.3 Å². The third-order valence-electron chi connectivity index (χ3n) is 6.12. The topological polar surface area (TPSA) is 64.3 Å². The highest BCUT2D eigenvalue weighted by Crippen LogP contribution is 2.66. The molecule has 0 saturated heterocycles. The largest absolute Gasteiger partial charge is 0.445 e. The summed E-state index contributed by atoms with van der Waals surface area (Å²) in [6.07, 6.45) is 3.03. The fourth-order valence-electron chi connectivity index (χ4n) is 4.15. The maximum absolute atomic E-state index is 12.1. The molecule has 1 aromatic carbocycles. The Labute approximate surface area is 126 Å². The maximum atomic E-state index is 12.1. The van der Waals surface area contributed by atoms with Crippen molar-refractivity contribution in [3.8, 4) is 0 Å². The molecule has 0 heterocycles. The molecule has 0 aromatic heterocycles. The molecular weight excluding hydrogens is 264 g/mol. The number of nitrogen functional groups attached to an aromatic ring is 1. The minimum atomic E-state index is -0.366. The van der Waals surface area contributed by atoms with Gasteiger partial charge in [0.25, 0.3) is 0 Å². The summed E-state index contributed by atoms with van der Waals surface area (Å²) in [5.74, 6) is 0.664. The zero-order chi connectivity index (χ0) is 15.3. The Hall–Kier alpha value is -1.71. The molecule has 4 nitrogen and oxygen atoms in total. The van der Waals surface area contributed by atoms with Crippen LogP contribution in [0.25, 0.3) is 0 Å². The van der Waals surface area contributed by atoms with Crippen molar-refractivity contribution in [2.24, 2.45) is 16.7 Å². The quantitative estimate of drug-likeness (QED) is 0.807. The molecule has 1 amide bonds. The van der Waals surface area contributed by atoms with Gasteiger partial charge in [-0.05, 0) is 54.9 Å². The fraction of sp³-hybridized carbons (Fsp3) is 0.588. The zero-order valence-corrected chi connectivity index (χ0v) is 13.0. The summed E-state index contributed by atoms with van der Waals surface area (Å²) in [7, 11) is 0. The molecule has 0 radical (unpaired) electrons. The van der Waals surface area contributed by atoms with Gasteiger partial charge in [-0.15, -0.1) is 0 Å². The van der Waals surface area contributed by atoms with Crippen LogP contribution in [0.1, 0.15) is 40.0 Å². The maximum Gasteiger partial charge on any atom is 0.411 e. The van der Waals surface area contributed by atoms with Gasteiger partial charge in [0.05, 0.1) is 0 Å². The number of carbonyl (C=O) groups excluding carboxylic acids is 1. The van der Waals surface area contributed by atoms with Gasteiger partial charge >= 0.3 is 6.09 Å². The monoisotopic (exact) mass is 288 g/mol. The summed E-state index contributed by atoms with van der Waals surface area (Å²) in [4.78, 5) is 12.1. The lowest BCUT2D eigenvalue weighted by molar-refractivity contribution is 0.00148. The second-order valence-electron chi connectivity index (χ2n) is 7.25. The molecule has 114 valence electrons. The van der Waals surface area contributed by atoms with Gasteiger partial charge in [0, 0.05) is 16.8 Å². The molecule has 3 N–H and O–H groups in total. The lowest BCUT2D eigenvalue weighted by Crippen LogP contribution is -2.39. The van der Waals surface area contributed by atoms with Crippen molar-refractivity contribution >= 4 is 17.5 Å². The number of benzene rings is 1. The van der Waals surface area contributed by atoms with Crippen molar-refractivity contribution in [3.63, 3.8) is 0 Å². The van der Waals surface area contributed by atoms with Crippen LogP contribution in [0.4, 0.5) is 16.2 Å². The highest BCUT2D eigenvalue weighted by atomic mass is 16.6. The first-order valence-corrected chi connectivity index (χ1v) is 7.66. The molecule has 0 spiro atoms. The summed E-state index contributed by atoms with van der Waals surface area (Å²) >= 11 is 0. The van der Waals surface area contributed by atoms with Crippen LogP contribution < -0.4 is 11.1 Å². The molecule has 4 heteroatoms. The first-order chi connectivity index (χ1) is 9.83. The third kappa shape index (κ3) is 2.17. The zero-order valence-electron chi connectivity index (χ0n) is 13.0. The average molecular weight is 288 g/mol. The Morgan fingerprint density at radius 2 is 1.95 bits per heavy atom. The van der Waals surface area contributed by atoms with Crippen molar-refractivity contribution in [1.82, 2.24) is 0 Å². The standard InChI is InChI=1S/C17H24N2O2/c1-16(2)11-8-9-17(16,3)14(10-11)21-15(20)19-13-6-4-12(18)5-7-13/h4-7,11,14H,8-10,18H2,1-3H3,(H,19,20). The minimum absolute atomic E-state index is 0.0139. The molecule has 2 fully saturated rings. The second-order valence-corrected chi connectivity index (χ2v) is 7.25. The Morgan fingerprint density at radius 3 is 2.48 bits per heavy atom. The second kappa shape index (κ2) is 4.65. The lowest BCUT2D eigenvalue weighted by Gasteiger charge is -2.38. The smallest absolute Gasteiger partial charge is 0.411 e. The Bertz CT molecular complexity index is 552. The van der Waals surface area contributed by atoms with Gasteiger partial charge in [-0.3, -0.25) is 5.32 Å². The predicted molar refractivity (Wildman–Crippen MR) is 84.0 cm³/mol. The van der Waals surface area contributed by atoms with Gasteiger partial charge in [-0.1, -0.05) is 20.8 Å². The molecular formula is C17H24N2O2. The molecule has 3 unspecified atom stereocenters. The molecule has 0 aliphatic heterocycles. The number of amides is 1. The SMILES string of the molecule is CC1(C)C2CCC1(C)C(OC(=O)Nc1ccc(N)cc1)C2. The first kappa shape index (κ1) is 14.2. The van der Waals surface area contributed by atoms with Crippen LogP contribution in [0, 0.1) is 16.7 Å². The molecule has 2 aliphatic rings. The van der Waals surface area contributed by atoms with Crippen LogP contribution >= 0.6 is 0 Å². The van der Waals surface area contributed by atoms with E-state index in [0.717, 1.165) is 12.8 Å². The van der Waals surface area contributed by atoms with Crippen molar-refractivity contribution in [3.05, 3.63) is 24.3 Å². The van der Waals surface area contributed by atoms with E-state index in [2.05, 4.69) is 26.1 Å². The number of fused-ring (bicyclic) bond motifs is 2. The van der Waals surface area contributed by atoms with E-state index in [1.165, 1.54) is 6.42 Å². The third-order valence-corrected chi connectivity index (χ3v) is 6.12. The minimum Gasteiger partial charge on any atom is -0.445 e. The lowest BCUT2D eigenvalue weighted by atomic mass is 9.70. The van der Waals surface area contributed by atoms with Crippen molar-refractivity contribution in [2.45, 2.75) is 46.1 Å². The summed E-state index contributed by atoms with van der Waals surface area (Å²) < 4.78 is 5.74. The summed E-state index contributed by atoms with van der Waals surface area (Å²) in [5.41, 5.74) is 7.36. The van der Waals surface area contributed by atoms with E-state index in [1.54, 1.807) is 24.3 Å². The van der Waals surface area contributed by atoms with Gasteiger partial charge in [0.15, 0.2) is 0 Å². The van der Waals surface area contributed by atoms with Crippen molar-refractivity contribution in [1.29, 1.82) is 0 Å². The number of nitrogens with two attached hydrogens (primary N) is 1. The van der Waals surface area contributed by atoms with E-state index in [4.69, 9.17) is 10.5 Å². The number of carbonyl (C=O) groups is 1. The normalized spacial score (nSPS) is 32.9. The van der Waals surface area contributed by atoms with Gasteiger partial charge < -0.3 is 10.5 Å². The highest BCUT2D eigenvalue weighted by Gasteiger charge is 2.62. The summed E-state index contributed by atoms with van der Waals surface area (Å²) in [6.45, 7) is 6.89. The number of hydrogen-bond acceptors (Lipinski definition) is 3. The average Bonchev–Trinajstić information content (AvgIpc) is 2.74. The van der Waals surface area contributed by atoms with Crippen molar-refractivity contribution in [2.75, 3.05) is 11.1 Å². The van der Waals surface area contributed by atoms with E-state index in [9.17, 15) is 4.79 Å². The molecule has 3 atom stereocenters. The Kier molecular flexibility index (Phi) is 3.15. The van der Waals surface area contributed by atoms with E-state index in [-0.39, 0.29) is 23.0 Å². The van der Waals surface area contributed by atoms with Crippen LogP contribution in [0.2, 0.25) is 0 Å². The highest BCUT2D eigenvalue weighted by molar-refractivity contribution is 5.85. The van der Waals surface area contributed by atoms with Gasteiger partial charge in [0.1, 0.15) is 6.10 Å². The number of ether oxygens (including phenoxy) is 1. The summed E-state index contributed by atoms with van der Waals surface area (Å²) in [5, 5.41) is 2.78. The van der Waals surface area contributed by atoms with Crippen LogP contribution in [0.15, 0.2) is 24.3 Å². The molecule has 2 saturated carbocycles. The van der Waals surface area contributed by atoms with Gasteiger partial charge in [0.2, 0.25) is 0 Å². The van der Waals surface area contributed by atoms with Crippen molar-refractivity contribution < 1.29 is 9.53 Å². The Morgan fingerprint density at radius 1 is 1.29 bits per heavy atom. The molecule has 2 aliphatic carbocycles.